The minimum atomic E-state index is -0.601. The van der Waals surface area contributed by atoms with Gasteiger partial charge in [-0.2, -0.15) is 0 Å². The zero-order chi connectivity index (χ0) is 10.9. The van der Waals surface area contributed by atoms with E-state index in [0.29, 0.717) is 13.0 Å². The van der Waals surface area contributed by atoms with Crippen molar-refractivity contribution in [3.8, 4) is 0 Å². The molecule has 2 N–H and O–H groups in total. The molecule has 1 atom stereocenters. The van der Waals surface area contributed by atoms with Crippen LogP contribution in [0.3, 0.4) is 0 Å². The molecule has 1 fully saturated rings. The molecule has 0 bridgehead atoms. The highest BCUT2D eigenvalue weighted by atomic mass is 16.6. The first-order valence-electron chi connectivity index (χ1n) is 4.61. The Balaban J connectivity index is 2.59. The third-order valence-electron chi connectivity index (χ3n) is 1.86. The Labute approximate surface area is 83.2 Å². The van der Waals surface area contributed by atoms with E-state index < -0.39 is 17.7 Å². The molecule has 0 unspecified atom stereocenters. The van der Waals surface area contributed by atoms with Gasteiger partial charge in [-0.05, 0) is 27.2 Å². The normalized spacial score (nSPS) is 22.7. The van der Waals surface area contributed by atoms with Gasteiger partial charge in [0, 0.05) is 6.54 Å². The van der Waals surface area contributed by atoms with Gasteiger partial charge in [0.15, 0.2) is 0 Å². The Morgan fingerprint density at radius 2 is 2.14 bits per heavy atom. The largest absolute Gasteiger partial charge is 0.443 e. The minimum Gasteiger partial charge on any atom is -0.443 e. The SMILES string of the molecule is CC(C)(C)OC(=O)N1CC[C@H](N)C1=O. The molecule has 0 radical (unpaired) electrons. The highest BCUT2D eigenvalue weighted by Gasteiger charge is 2.35. The third kappa shape index (κ3) is 2.45. The van der Waals surface area contributed by atoms with Crippen LogP contribution in [0.5, 0.6) is 0 Å². The summed E-state index contributed by atoms with van der Waals surface area (Å²) in [4.78, 5) is 23.8. The monoisotopic (exact) mass is 200 g/mol. The van der Waals surface area contributed by atoms with Crippen molar-refractivity contribution < 1.29 is 14.3 Å². The van der Waals surface area contributed by atoms with Crippen molar-refractivity contribution in [2.45, 2.75) is 38.8 Å². The van der Waals surface area contributed by atoms with E-state index in [1.807, 2.05) is 0 Å². The number of hydrogen-bond acceptors (Lipinski definition) is 4. The highest BCUT2D eigenvalue weighted by molar-refractivity contribution is 5.96. The van der Waals surface area contributed by atoms with E-state index in [2.05, 4.69) is 0 Å². The fourth-order valence-corrected chi connectivity index (χ4v) is 1.20. The number of ether oxygens (including phenoxy) is 1. The summed E-state index contributed by atoms with van der Waals surface area (Å²) in [6.07, 6.45) is -0.0895. The molecule has 0 aliphatic carbocycles. The highest BCUT2D eigenvalue weighted by Crippen LogP contribution is 2.15. The molecule has 1 heterocycles. The van der Waals surface area contributed by atoms with Gasteiger partial charge < -0.3 is 10.5 Å². The van der Waals surface area contributed by atoms with Crippen LogP contribution < -0.4 is 5.73 Å². The molecule has 80 valence electrons. The molecule has 1 saturated heterocycles. The first kappa shape index (κ1) is 11.0. The molecule has 14 heavy (non-hydrogen) atoms. The second-order valence-corrected chi connectivity index (χ2v) is 4.37. The van der Waals surface area contributed by atoms with Gasteiger partial charge in [0.1, 0.15) is 5.60 Å². The van der Waals surface area contributed by atoms with Crippen molar-refractivity contribution in [3.05, 3.63) is 0 Å². The van der Waals surface area contributed by atoms with E-state index in [1.54, 1.807) is 20.8 Å². The molecule has 1 aliphatic rings. The van der Waals surface area contributed by atoms with Crippen LogP contribution in [-0.2, 0) is 9.53 Å². The summed E-state index contributed by atoms with van der Waals surface area (Å²) in [5.74, 6) is -0.348. The number of imide groups is 1. The third-order valence-corrected chi connectivity index (χ3v) is 1.86. The van der Waals surface area contributed by atoms with Gasteiger partial charge in [-0.1, -0.05) is 0 Å². The topological polar surface area (TPSA) is 72.6 Å². The lowest BCUT2D eigenvalue weighted by molar-refractivity contribution is -0.128. The fraction of sp³-hybridized carbons (Fsp3) is 0.778. The molecule has 0 aromatic heterocycles. The lowest BCUT2D eigenvalue weighted by Gasteiger charge is -2.23. The van der Waals surface area contributed by atoms with E-state index in [0.717, 1.165) is 4.90 Å². The first-order valence-corrected chi connectivity index (χ1v) is 4.61. The molecule has 1 rings (SSSR count). The summed E-state index contributed by atoms with van der Waals surface area (Å²) in [5.41, 5.74) is 4.89. The van der Waals surface area contributed by atoms with Gasteiger partial charge in [-0.25, -0.2) is 9.69 Å². The number of carbonyl (C=O) groups is 2. The number of nitrogens with two attached hydrogens (primary N) is 1. The Kier molecular flexibility index (Phi) is 2.80. The van der Waals surface area contributed by atoms with Gasteiger partial charge in [0.05, 0.1) is 6.04 Å². The van der Waals surface area contributed by atoms with Gasteiger partial charge in [0.25, 0.3) is 0 Å². The number of nitrogens with zero attached hydrogens (tertiary/aromatic N) is 1. The van der Waals surface area contributed by atoms with Crippen LogP contribution in [0.2, 0.25) is 0 Å². The zero-order valence-electron chi connectivity index (χ0n) is 8.74. The average molecular weight is 200 g/mol. The lowest BCUT2D eigenvalue weighted by atomic mass is 10.2. The summed E-state index contributed by atoms with van der Waals surface area (Å²) in [6.45, 7) is 5.62. The van der Waals surface area contributed by atoms with E-state index in [4.69, 9.17) is 10.5 Å². The van der Waals surface area contributed by atoms with Crippen LogP contribution in [0.15, 0.2) is 0 Å². The minimum absolute atomic E-state index is 0.348. The Morgan fingerprint density at radius 3 is 2.50 bits per heavy atom. The zero-order valence-corrected chi connectivity index (χ0v) is 8.74. The summed E-state index contributed by atoms with van der Waals surface area (Å²) in [7, 11) is 0. The second-order valence-electron chi connectivity index (χ2n) is 4.37. The molecule has 5 heteroatoms. The smallest absolute Gasteiger partial charge is 0.417 e. The summed E-state index contributed by atoms with van der Waals surface area (Å²) < 4.78 is 5.05. The average Bonchev–Trinajstić information content (AvgIpc) is 2.29. The molecule has 0 aromatic carbocycles. The molecule has 5 nitrogen and oxygen atoms in total. The summed E-state index contributed by atoms with van der Waals surface area (Å²) in [5, 5.41) is 0. The lowest BCUT2D eigenvalue weighted by Crippen LogP contribution is -2.41. The molecule has 0 aromatic rings. The van der Waals surface area contributed by atoms with Crippen LogP contribution in [-0.4, -0.2) is 35.1 Å². The van der Waals surface area contributed by atoms with E-state index in [9.17, 15) is 9.59 Å². The molecule has 1 aliphatic heterocycles. The molecule has 0 saturated carbocycles. The van der Waals surface area contributed by atoms with Crippen molar-refractivity contribution >= 4 is 12.0 Å². The van der Waals surface area contributed by atoms with Gasteiger partial charge in [0.2, 0.25) is 5.91 Å². The van der Waals surface area contributed by atoms with Crippen molar-refractivity contribution in [3.63, 3.8) is 0 Å². The maximum Gasteiger partial charge on any atom is 0.417 e. The van der Waals surface area contributed by atoms with Gasteiger partial charge in [-0.3, -0.25) is 4.79 Å². The van der Waals surface area contributed by atoms with Crippen molar-refractivity contribution in [2.24, 2.45) is 5.73 Å². The second kappa shape index (κ2) is 3.57. The Bertz CT molecular complexity index is 257. The van der Waals surface area contributed by atoms with Crippen molar-refractivity contribution in [1.82, 2.24) is 4.90 Å². The summed E-state index contributed by atoms with van der Waals surface area (Å²) >= 11 is 0. The van der Waals surface area contributed by atoms with E-state index in [1.165, 1.54) is 0 Å². The van der Waals surface area contributed by atoms with E-state index >= 15 is 0 Å². The summed E-state index contributed by atoms with van der Waals surface area (Å²) in [6, 6.07) is -0.553. The quantitative estimate of drug-likeness (QED) is 0.617. The van der Waals surface area contributed by atoms with Crippen LogP contribution in [0.25, 0.3) is 0 Å². The standard InChI is InChI=1S/C9H16N2O3/c1-9(2,3)14-8(13)11-5-4-6(10)7(11)12/h6H,4-5,10H2,1-3H3/t6-/m0/s1. The number of hydrogen-bond donors (Lipinski definition) is 1. The Morgan fingerprint density at radius 1 is 1.57 bits per heavy atom. The van der Waals surface area contributed by atoms with Crippen LogP contribution >= 0.6 is 0 Å². The number of likely N-dealkylation sites (tertiary alicyclic amines) is 1. The number of rotatable bonds is 0. The molecule has 0 spiro atoms. The van der Waals surface area contributed by atoms with E-state index in [-0.39, 0.29) is 5.91 Å². The molecule has 2 amide bonds. The number of amides is 2. The fourth-order valence-electron chi connectivity index (χ4n) is 1.20. The van der Waals surface area contributed by atoms with Gasteiger partial charge >= 0.3 is 6.09 Å². The first-order chi connectivity index (χ1) is 6.31. The number of carbonyl (C=O) groups excluding carboxylic acids is 2. The predicted molar refractivity (Wildman–Crippen MR) is 50.5 cm³/mol. The van der Waals surface area contributed by atoms with Crippen LogP contribution in [0.4, 0.5) is 4.79 Å². The predicted octanol–water partition coefficient (Wildman–Crippen LogP) is 0.481. The Hall–Kier alpha value is -1.10. The van der Waals surface area contributed by atoms with Crippen molar-refractivity contribution in [1.29, 1.82) is 0 Å². The maximum atomic E-state index is 11.4. The molecular formula is C9H16N2O3. The van der Waals surface area contributed by atoms with Crippen LogP contribution in [0.1, 0.15) is 27.2 Å². The van der Waals surface area contributed by atoms with Gasteiger partial charge in [-0.15, -0.1) is 0 Å². The van der Waals surface area contributed by atoms with Crippen LogP contribution in [0, 0.1) is 0 Å². The maximum absolute atomic E-state index is 11.4. The van der Waals surface area contributed by atoms with Crippen molar-refractivity contribution in [2.75, 3.05) is 6.54 Å². The molecular weight excluding hydrogens is 184 g/mol.